The van der Waals surface area contributed by atoms with Crippen LogP contribution in [-0.4, -0.2) is 11.1 Å². The minimum absolute atomic E-state index is 0.124. The average Bonchev–Trinajstić information content (AvgIpc) is 3.10. The molecule has 3 heterocycles. The van der Waals surface area contributed by atoms with E-state index in [0.29, 0.717) is 23.0 Å². The lowest BCUT2D eigenvalue weighted by molar-refractivity contribution is 0.0663. The molecular weight excluding hydrogens is 236 g/mol. The molecule has 18 heavy (non-hydrogen) atoms. The first-order chi connectivity index (χ1) is 8.74. The second-order valence-corrected chi connectivity index (χ2v) is 3.61. The van der Waals surface area contributed by atoms with E-state index in [0.717, 1.165) is 0 Å². The number of carbonyl (C=O) groups is 1. The van der Waals surface area contributed by atoms with Crippen LogP contribution in [0.1, 0.15) is 10.6 Å². The summed E-state index contributed by atoms with van der Waals surface area (Å²) in [6, 6.07) is 9.89. The van der Waals surface area contributed by atoms with Gasteiger partial charge in [0.05, 0.1) is 6.26 Å². The summed E-state index contributed by atoms with van der Waals surface area (Å²) >= 11 is 0. The fourth-order valence-electron chi connectivity index (χ4n) is 1.61. The van der Waals surface area contributed by atoms with Crippen LogP contribution in [0.4, 0.5) is 0 Å². The molecule has 0 bridgehead atoms. The molecule has 0 unspecified atom stereocenters. The maximum atomic E-state index is 10.7. The molecule has 0 saturated heterocycles. The first-order valence-corrected chi connectivity index (χ1v) is 5.21. The van der Waals surface area contributed by atoms with E-state index in [4.69, 9.17) is 18.4 Å². The fraction of sp³-hybridized carbons (Fsp3) is 0. The summed E-state index contributed by atoms with van der Waals surface area (Å²) in [4.78, 5) is 10.7. The lowest BCUT2D eigenvalue weighted by Crippen LogP contribution is -1.91. The molecule has 0 amide bonds. The van der Waals surface area contributed by atoms with Crippen LogP contribution < -0.4 is 0 Å². The molecule has 0 spiro atoms. The summed E-state index contributed by atoms with van der Waals surface area (Å²) < 4.78 is 15.9. The normalized spacial score (nSPS) is 10.7. The number of hydrogen-bond donors (Lipinski definition) is 1. The molecule has 3 rings (SSSR count). The largest absolute Gasteiger partial charge is 0.475 e. The number of hydrogen-bond acceptors (Lipinski definition) is 4. The third kappa shape index (κ3) is 1.71. The van der Waals surface area contributed by atoms with E-state index in [1.54, 1.807) is 36.6 Å². The van der Waals surface area contributed by atoms with Crippen LogP contribution in [0.5, 0.6) is 0 Å². The van der Waals surface area contributed by atoms with Crippen molar-refractivity contribution < 1.29 is 23.2 Å². The van der Waals surface area contributed by atoms with Crippen LogP contribution in [0.3, 0.4) is 0 Å². The molecule has 3 aromatic heterocycles. The molecule has 0 fully saturated rings. The first-order valence-electron chi connectivity index (χ1n) is 5.21. The topological polar surface area (TPSA) is 76.7 Å². The Bertz CT molecular complexity index is 672. The number of aromatic carboxylic acids is 1. The molecule has 0 atom stereocenters. The summed E-state index contributed by atoms with van der Waals surface area (Å²) in [5.41, 5.74) is 0. The lowest BCUT2D eigenvalue weighted by Gasteiger charge is -1.91. The van der Waals surface area contributed by atoms with Gasteiger partial charge in [0, 0.05) is 0 Å². The van der Waals surface area contributed by atoms with Crippen molar-refractivity contribution in [2.45, 2.75) is 0 Å². The summed E-state index contributed by atoms with van der Waals surface area (Å²) in [5.74, 6) is 0.744. The average molecular weight is 244 g/mol. The predicted molar refractivity (Wildman–Crippen MR) is 61.1 cm³/mol. The lowest BCUT2D eigenvalue weighted by atomic mass is 10.3. The molecule has 0 radical (unpaired) electrons. The Morgan fingerprint density at radius 2 is 1.56 bits per heavy atom. The number of rotatable bonds is 3. The molecule has 5 nitrogen and oxygen atoms in total. The third-order valence-electron chi connectivity index (χ3n) is 2.43. The molecule has 0 aliphatic heterocycles. The van der Waals surface area contributed by atoms with Crippen molar-refractivity contribution in [2.75, 3.05) is 0 Å². The van der Waals surface area contributed by atoms with Gasteiger partial charge in [-0.3, -0.25) is 0 Å². The molecule has 0 aromatic carbocycles. The second-order valence-electron chi connectivity index (χ2n) is 3.61. The Hall–Kier alpha value is -2.69. The van der Waals surface area contributed by atoms with Crippen LogP contribution in [0, 0.1) is 0 Å². The first kappa shape index (κ1) is 10.5. The van der Waals surface area contributed by atoms with Gasteiger partial charge in [0.25, 0.3) is 0 Å². The minimum Gasteiger partial charge on any atom is -0.475 e. The molecular formula is C13H8O5. The summed E-state index contributed by atoms with van der Waals surface area (Å²) in [5, 5.41) is 8.76. The van der Waals surface area contributed by atoms with Gasteiger partial charge in [0.1, 0.15) is 0 Å². The summed E-state index contributed by atoms with van der Waals surface area (Å²) in [6.45, 7) is 0. The highest BCUT2D eigenvalue weighted by Crippen LogP contribution is 2.29. The molecule has 5 heteroatoms. The molecule has 3 aromatic rings. The van der Waals surface area contributed by atoms with Crippen LogP contribution in [0.15, 0.2) is 55.9 Å². The van der Waals surface area contributed by atoms with E-state index < -0.39 is 5.97 Å². The highest BCUT2D eigenvalue weighted by atomic mass is 16.4. The Labute approximate surface area is 101 Å². The Balaban J connectivity index is 1.95. The standard InChI is InChI=1S/C13H8O5/c14-13(15)12-6-5-11(18-12)10-4-3-9(17-10)8-2-1-7-16-8/h1-7H,(H,14,15). The SMILES string of the molecule is O=C(O)c1ccc(-c2ccc(-c3ccco3)o2)o1. The van der Waals surface area contributed by atoms with E-state index >= 15 is 0 Å². The third-order valence-corrected chi connectivity index (χ3v) is 2.43. The van der Waals surface area contributed by atoms with E-state index in [9.17, 15) is 4.79 Å². The quantitative estimate of drug-likeness (QED) is 0.762. The monoisotopic (exact) mass is 244 g/mol. The summed E-state index contributed by atoms with van der Waals surface area (Å²) in [6.07, 6.45) is 1.55. The van der Waals surface area contributed by atoms with Crippen LogP contribution in [-0.2, 0) is 0 Å². The van der Waals surface area contributed by atoms with Gasteiger partial charge < -0.3 is 18.4 Å². The van der Waals surface area contributed by atoms with Crippen molar-refractivity contribution in [1.29, 1.82) is 0 Å². The Morgan fingerprint density at radius 1 is 0.889 bits per heavy atom. The molecule has 0 aliphatic carbocycles. The van der Waals surface area contributed by atoms with E-state index in [1.165, 1.54) is 6.07 Å². The van der Waals surface area contributed by atoms with E-state index in [-0.39, 0.29) is 5.76 Å². The van der Waals surface area contributed by atoms with Crippen molar-refractivity contribution in [2.24, 2.45) is 0 Å². The predicted octanol–water partition coefficient (Wildman–Crippen LogP) is 3.50. The Morgan fingerprint density at radius 3 is 2.17 bits per heavy atom. The van der Waals surface area contributed by atoms with E-state index in [1.807, 2.05) is 0 Å². The van der Waals surface area contributed by atoms with Crippen LogP contribution in [0.25, 0.3) is 23.0 Å². The van der Waals surface area contributed by atoms with Crippen molar-refractivity contribution in [3.63, 3.8) is 0 Å². The zero-order valence-corrected chi connectivity index (χ0v) is 9.12. The van der Waals surface area contributed by atoms with E-state index in [2.05, 4.69) is 0 Å². The smallest absolute Gasteiger partial charge is 0.371 e. The van der Waals surface area contributed by atoms with Crippen molar-refractivity contribution in [3.05, 3.63) is 48.4 Å². The van der Waals surface area contributed by atoms with Crippen molar-refractivity contribution in [3.8, 4) is 23.0 Å². The van der Waals surface area contributed by atoms with Crippen molar-refractivity contribution >= 4 is 5.97 Å². The van der Waals surface area contributed by atoms with Crippen LogP contribution >= 0.6 is 0 Å². The minimum atomic E-state index is -1.11. The van der Waals surface area contributed by atoms with Gasteiger partial charge in [0.15, 0.2) is 23.0 Å². The number of furan rings is 3. The second kappa shape index (κ2) is 3.96. The highest BCUT2D eigenvalue weighted by Gasteiger charge is 2.14. The zero-order valence-electron chi connectivity index (χ0n) is 9.12. The zero-order chi connectivity index (χ0) is 12.5. The van der Waals surface area contributed by atoms with Gasteiger partial charge in [-0.2, -0.15) is 0 Å². The molecule has 90 valence electrons. The fourth-order valence-corrected chi connectivity index (χ4v) is 1.61. The molecule has 0 aliphatic rings. The van der Waals surface area contributed by atoms with Gasteiger partial charge in [-0.25, -0.2) is 4.79 Å². The molecule has 0 saturated carbocycles. The number of carboxylic acid groups (broad SMARTS) is 1. The highest BCUT2D eigenvalue weighted by molar-refractivity contribution is 5.85. The van der Waals surface area contributed by atoms with Crippen LogP contribution in [0.2, 0.25) is 0 Å². The van der Waals surface area contributed by atoms with Gasteiger partial charge in [0.2, 0.25) is 5.76 Å². The van der Waals surface area contributed by atoms with Gasteiger partial charge in [-0.1, -0.05) is 0 Å². The van der Waals surface area contributed by atoms with Gasteiger partial charge in [-0.15, -0.1) is 0 Å². The van der Waals surface area contributed by atoms with Crippen molar-refractivity contribution in [1.82, 2.24) is 0 Å². The Kier molecular flexibility index (Phi) is 2.30. The van der Waals surface area contributed by atoms with Gasteiger partial charge in [-0.05, 0) is 36.4 Å². The maximum absolute atomic E-state index is 10.7. The summed E-state index contributed by atoms with van der Waals surface area (Å²) in [7, 11) is 0. The number of carboxylic acids is 1. The van der Waals surface area contributed by atoms with Gasteiger partial charge >= 0.3 is 5.97 Å². The maximum Gasteiger partial charge on any atom is 0.371 e. The molecule has 1 N–H and O–H groups in total.